The fourth-order valence-electron chi connectivity index (χ4n) is 5.09. The molecule has 34 heavy (non-hydrogen) atoms. The van der Waals surface area contributed by atoms with Gasteiger partial charge in [-0.3, -0.25) is 9.59 Å². The minimum absolute atomic E-state index is 0.0285. The van der Waals surface area contributed by atoms with Crippen LogP contribution in [-0.4, -0.2) is 57.6 Å². The summed E-state index contributed by atoms with van der Waals surface area (Å²) in [5.41, 5.74) is 3.17. The van der Waals surface area contributed by atoms with Gasteiger partial charge in [0.2, 0.25) is 5.91 Å². The van der Waals surface area contributed by atoms with E-state index in [0.717, 1.165) is 55.7 Å². The highest BCUT2D eigenvalue weighted by molar-refractivity contribution is 5.94. The van der Waals surface area contributed by atoms with E-state index in [1.54, 1.807) is 4.68 Å². The van der Waals surface area contributed by atoms with E-state index in [1.807, 2.05) is 71.6 Å². The second-order valence-corrected chi connectivity index (χ2v) is 9.33. The normalized spacial score (nSPS) is 17.4. The minimum atomic E-state index is -0.0285. The van der Waals surface area contributed by atoms with Crippen molar-refractivity contribution in [3.8, 4) is 16.9 Å². The molecule has 0 radical (unpaired) electrons. The molecule has 2 fully saturated rings. The third kappa shape index (κ3) is 4.76. The van der Waals surface area contributed by atoms with Gasteiger partial charge in [-0.15, -0.1) is 0 Å². The zero-order chi connectivity index (χ0) is 23.3. The Hall–Kier alpha value is -3.41. The van der Waals surface area contributed by atoms with Gasteiger partial charge in [-0.1, -0.05) is 61.4 Å². The largest absolute Gasteiger partial charge is 0.342 e. The maximum Gasteiger partial charge on any atom is 0.272 e. The number of hydrogen-bond acceptors (Lipinski definition) is 3. The van der Waals surface area contributed by atoms with E-state index in [4.69, 9.17) is 5.10 Å². The van der Waals surface area contributed by atoms with Gasteiger partial charge in [0.25, 0.3) is 5.91 Å². The summed E-state index contributed by atoms with van der Waals surface area (Å²) in [7, 11) is 0. The van der Waals surface area contributed by atoms with Gasteiger partial charge < -0.3 is 9.80 Å². The summed E-state index contributed by atoms with van der Waals surface area (Å²) in [4.78, 5) is 30.6. The summed E-state index contributed by atoms with van der Waals surface area (Å²) < 4.78 is 1.75. The Balaban J connectivity index is 1.33. The van der Waals surface area contributed by atoms with Crippen LogP contribution in [0.1, 0.15) is 49.0 Å². The number of rotatable bonds is 4. The highest BCUT2D eigenvalue weighted by Gasteiger charge is 2.32. The lowest BCUT2D eigenvalue weighted by molar-refractivity contribution is -0.136. The van der Waals surface area contributed by atoms with Crippen LogP contribution in [0.2, 0.25) is 0 Å². The molecule has 6 heteroatoms. The molecule has 2 aliphatic heterocycles. The fraction of sp³-hybridized carbons (Fsp3) is 0.393. The number of piperidine rings is 1. The van der Waals surface area contributed by atoms with Gasteiger partial charge in [0.05, 0.1) is 11.4 Å². The van der Waals surface area contributed by atoms with E-state index in [1.165, 1.54) is 12.8 Å². The van der Waals surface area contributed by atoms with Gasteiger partial charge in [0.1, 0.15) is 5.69 Å². The summed E-state index contributed by atoms with van der Waals surface area (Å²) in [6.07, 6.45) is 6.11. The van der Waals surface area contributed by atoms with Crippen LogP contribution in [0.4, 0.5) is 0 Å². The van der Waals surface area contributed by atoms with Gasteiger partial charge in [0.15, 0.2) is 0 Å². The lowest BCUT2D eigenvalue weighted by Crippen LogP contribution is -2.45. The van der Waals surface area contributed by atoms with Crippen LogP contribution >= 0.6 is 0 Å². The smallest absolute Gasteiger partial charge is 0.272 e. The molecule has 0 saturated carbocycles. The molecule has 3 heterocycles. The van der Waals surface area contributed by atoms with E-state index in [2.05, 4.69) is 4.90 Å². The molecule has 1 aromatic heterocycles. The molecule has 0 bridgehead atoms. The quantitative estimate of drug-likeness (QED) is 0.567. The van der Waals surface area contributed by atoms with Crippen LogP contribution in [0.15, 0.2) is 66.7 Å². The molecule has 176 valence electrons. The maximum atomic E-state index is 13.6. The van der Waals surface area contributed by atoms with Gasteiger partial charge in [0, 0.05) is 37.7 Å². The zero-order valence-electron chi connectivity index (χ0n) is 19.6. The van der Waals surface area contributed by atoms with E-state index in [-0.39, 0.29) is 17.7 Å². The third-order valence-electron chi connectivity index (χ3n) is 7.05. The van der Waals surface area contributed by atoms with E-state index >= 15 is 0 Å². The van der Waals surface area contributed by atoms with Crippen LogP contribution in [-0.2, 0) is 4.79 Å². The van der Waals surface area contributed by atoms with Crippen LogP contribution < -0.4 is 0 Å². The number of carbonyl (C=O) groups is 2. The number of carbonyl (C=O) groups excluding carboxylic acids is 2. The average Bonchev–Trinajstić information content (AvgIpc) is 3.17. The number of hydrogen-bond donors (Lipinski definition) is 0. The molecular weight excluding hydrogens is 424 g/mol. The molecule has 0 spiro atoms. The molecule has 2 saturated heterocycles. The molecule has 6 nitrogen and oxygen atoms in total. The number of amides is 2. The Morgan fingerprint density at radius 3 is 2.00 bits per heavy atom. The standard InChI is InChI=1S/C28H32N4O2/c33-27(30-17-9-1-2-10-18-30)23-15-19-31(20-16-23)28(34)26-21-25(22-11-5-3-6-12-22)29-32(26)24-13-7-4-8-14-24/h3-8,11-14,21,23H,1-2,9-10,15-20H2. The Labute approximate surface area is 201 Å². The van der Waals surface area contributed by atoms with Gasteiger partial charge in [-0.05, 0) is 43.9 Å². The Kier molecular flexibility index (Phi) is 6.74. The molecular formula is C28H32N4O2. The first-order valence-corrected chi connectivity index (χ1v) is 12.5. The van der Waals surface area contributed by atoms with Crippen LogP contribution in [0.3, 0.4) is 0 Å². The maximum absolute atomic E-state index is 13.6. The number of aromatic nitrogens is 2. The summed E-state index contributed by atoms with van der Waals surface area (Å²) in [6.45, 7) is 2.97. The van der Waals surface area contributed by atoms with Crippen LogP contribution in [0, 0.1) is 5.92 Å². The number of nitrogens with zero attached hydrogens (tertiary/aromatic N) is 4. The molecule has 0 atom stereocenters. The van der Waals surface area contributed by atoms with Gasteiger partial charge in [-0.25, -0.2) is 4.68 Å². The monoisotopic (exact) mass is 456 g/mol. The Morgan fingerprint density at radius 2 is 1.35 bits per heavy atom. The van der Waals surface area contributed by atoms with E-state index in [9.17, 15) is 9.59 Å². The minimum Gasteiger partial charge on any atom is -0.342 e. The predicted molar refractivity (Wildman–Crippen MR) is 133 cm³/mol. The number of para-hydroxylation sites is 1. The molecule has 2 amide bonds. The topological polar surface area (TPSA) is 58.4 Å². The van der Waals surface area contributed by atoms with Crippen LogP contribution in [0.5, 0.6) is 0 Å². The van der Waals surface area contributed by atoms with Crippen molar-refractivity contribution < 1.29 is 9.59 Å². The molecule has 0 unspecified atom stereocenters. The Bertz CT molecular complexity index is 1110. The molecule has 2 aromatic carbocycles. The van der Waals surface area contributed by atoms with Crippen molar-refractivity contribution in [2.24, 2.45) is 5.92 Å². The number of benzene rings is 2. The summed E-state index contributed by atoms with van der Waals surface area (Å²) >= 11 is 0. The molecule has 2 aliphatic rings. The van der Waals surface area contributed by atoms with Crippen molar-refractivity contribution in [1.29, 1.82) is 0 Å². The highest BCUT2D eigenvalue weighted by atomic mass is 16.2. The van der Waals surface area contributed by atoms with Crippen molar-refractivity contribution in [2.45, 2.75) is 38.5 Å². The molecule has 3 aromatic rings. The lowest BCUT2D eigenvalue weighted by atomic mass is 9.95. The van der Waals surface area contributed by atoms with Crippen molar-refractivity contribution in [1.82, 2.24) is 19.6 Å². The first-order chi connectivity index (χ1) is 16.7. The van der Waals surface area contributed by atoms with Gasteiger partial charge in [-0.2, -0.15) is 5.10 Å². The van der Waals surface area contributed by atoms with Crippen molar-refractivity contribution >= 4 is 11.8 Å². The molecule has 0 N–H and O–H groups in total. The first kappa shape index (κ1) is 22.4. The zero-order valence-corrected chi connectivity index (χ0v) is 19.6. The Morgan fingerprint density at radius 1 is 0.735 bits per heavy atom. The molecule has 5 rings (SSSR count). The SMILES string of the molecule is O=C(c1cc(-c2ccccc2)nn1-c1ccccc1)N1CCC(C(=O)N2CCCCCC2)CC1. The average molecular weight is 457 g/mol. The van der Waals surface area contributed by atoms with Gasteiger partial charge >= 0.3 is 0 Å². The van der Waals surface area contributed by atoms with Crippen molar-refractivity contribution in [3.63, 3.8) is 0 Å². The number of likely N-dealkylation sites (tertiary alicyclic amines) is 2. The van der Waals surface area contributed by atoms with Crippen molar-refractivity contribution in [3.05, 3.63) is 72.4 Å². The van der Waals surface area contributed by atoms with Crippen LogP contribution in [0.25, 0.3) is 16.9 Å². The van der Waals surface area contributed by atoms with E-state index < -0.39 is 0 Å². The summed E-state index contributed by atoms with van der Waals surface area (Å²) in [5.74, 6) is 0.287. The van der Waals surface area contributed by atoms with E-state index in [0.29, 0.717) is 18.8 Å². The predicted octanol–water partition coefficient (Wildman–Crippen LogP) is 4.79. The second-order valence-electron chi connectivity index (χ2n) is 9.33. The summed E-state index contributed by atoms with van der Waals surface area (Å²) in [5, 5.41) is 4.79. The fourth-order valence-corrected chi connectivity index (χ4v) is 5.09. The summed E-state index contributed by atoms with van der Waals surface area (Å²) in [6, 6.07) is 21.6. The second kappa shape index (κ2) is 10.2. The lowest BCUT2D eigenvalue weighted by Gasteiger charge is -2.34. The van der Waals surface area contributed by atoms with Crippen molar-refractivity contribution in [2.75, 3.05) is 26.2 Å². The highest BCUT2D eigenvalue weighted by Crippen LogP contribution is 2.26. The third-order valence-corrected chi connectivity index (χ3v) is 7.05. The molecule has 0 aliphatic carbocycles. The first-order valence-electron chi connectivity index (χ1n) is 12.5.